The third kappa shape index (κ3) is 3.16. The van der Waals surface area contributed by atoms with E-state index in [1.54, 1.807) is 0 Å². The molecule has 0 aliphatic heterocycles. The predicted octanol–water partition coefficient (Wildman–Crippen LogP) is 2.59. The summed E-state index contributed by atoms with van der Waals surface area (Å²) >= 11 is 0. The molecule has 2 heterocycles. The van der Waals surface area contributed by atoms with E-state index >= 15 is 0 Å². The summed E-state index contributed by atoms with van der Waals surface area (Å²) in [6.07, 6.45) is 9.42. The number of hydrogen-bond donors (Lipinski definition) is 2. The Hall–Kier alpha value is -2.24. The van der Waals surface area contributed by atoms with Gasteiger partial charge in [0.05, 0.1) is 11.9 Å². The molecule has 0 unspecified atom stereocenters. The van der Waals surface area contributed by atoms with Crippen molar-refractivity contribution in [2.24, 2.45) is 0 Å². The highest BCUT2D eigenvalue weighted by atomic mass is 15.2. The van der Waals surface area contributed by atoms with Crippen LogP contribution in [0.25, 0.3) is 0 Å². The Morgan fingerprint density at radius 2 is 1.77 bits per heavy atom. The minimum absolute atomic E-state index is 0.398. The topological polar surface area (TPSA) is 75.6 Å². The van der Waals surface area contributed by atoms with Gasteiger partial charge in [-0.1, -0.05) is 6.07 Å². The molecule has 0 aromatic carbocycles. The van der Waals surface area contributed by atoms with Crippen molar-refractivity contribution in [1.82, 2.24) is 20.2 Å². The number of rotatable bonds is 5. The summed E-state index contributed by atoms with van der Waals surface area (Å²) in [5, 5.41) is 15.4. The van der Waals surface area contributed by atoms with E-state index in [2.05, 4.69) is 30.8 Å². The maximum atomic E-state index is 4.39. The Balaban J connectivity index is 1.30. The molecule has 0 bridgehead atoms. The van der Waals surface area contributed by atoms with E-state index < -0.39 is 0 Å². The molecule has 2 fully saturated rings. The van der Waals surface area contributed by atoms with Crippen molar-refractivity contribution in [2.45, 2.75) is 50.1 Å². The SMILES string of the molecule is c1ccc(N[C@H]2CC[C@H](Nc3ncc(C4CC4)nn3)C2)nc1. The van der Waals surface area contributed by atoms with Gasteiger partial charge in [0.1, 0.15) is 5.82 Å². The summed E-state index contributed by atoms with van der Waals surface area (Å²) in [7, 11) is 0. The molecule has 6 heteroatoms. The highest BCUT2D eigenvalue weighted by Crippen LogP contribution is 2.38. The van der Waals surface area contributed by atoms with Crippen molar-refractivity contribution >= 4 is 11.8 Å². The molecule has 2 N–H and O–H groups in total. The van der Waals surface area contributed by atoms with Gasteiger partial charge in [-0.2, -0.15) is 0 Å². The summed E-state index contributed by atoms with van der Waals surface area (Å²) in [6.45, 7) is 0. The summed E-state index contributed by atoms with van der Waals surface area (Å²) in [5.74, 6) is 2.19. The Kier molecular flexibility index (Phi) is 3.58. The van der Waals surface area contributed by atoms with Gasteiger partial charge in [0.15, 0.2) is 0 Å². The maximum Gasteiger partial charge on any atom is 0.242 e. The lowest BCUT2D eigenvalue weighted by molar-refractivity contribution is 0.711. The second-order valence-corrected chi connectivity index (χ2v) is 6.19. The smallest absolute Gasteiger partial charge is 0.242 e. The summed E-state index contributed by atoms with van der Waals surface area (Å²) in [4.78, 5) is 8.71. The van der Waals surface area contributed by atoms with Crippen LogP contribution < -0.4 is 10.6 Å². The molecule has 22 heavy (non-hydrogen) atoms. The zero-order chi connectivity index (χ0) is 14.8. The molecule has 0 radical (unpaired) electrons. The first-order valence-electron chi connectivity index (χ1n) is 8.00. The Morgan fingerprint density at radius 3 is 2.45 bits per heavy atom. The Labute approximate surface area is 129 Å². The second-order valence-electron chi connectivity index (χ2n) is 6.19. The van der Waals surface area contributed by atoms with E-state index in [-0.39, 0.29) is 0 Å². The van der Waals surface area contributed by atoms with E-state index in [4.69, 9.17) is 0 Å². The Morgan fingerprint density at radius 1 is 0.909 bits per heavy atom. The quantitative estimate of drug-likeness (QED) is 0.883. The first kappa shape index (κ1) is 13.4. The van der Waals surface area contributed by atoms with Crippen molar-refractivity contribution in [3.63, 3.8) is 0 Å². The van der Waals surface area contributed by atoms with Crippen molar-refractivity contribution in [3.8, 4) is 0 Å². The van der Waals surface area contributed by atoms with Crippen LogP contribution in [0.4, 0.5) is 11.8 Å². The first-order valence-corrected chi connectivity index (χ1v) is 8.00. The van der Waals surface area contributed by atoms with Crippen LogP contribution in [0.15, 0.2) is 30.6 Å². The lowest BCUT2D eigenvalue weighted by Gasteiger charge is -2.14. The van der Waals surface area contributed by atoms with Crippen LogP contribution in [0.2, 0.25) is 0 Å². The minimum atomic E-state index is 0.398. The van der Waals surface area contributed by atoms with Crippen LogP contribution in [0.5, 0.6) is 0 Å². The van der Waals surface area contributed by atoms with Crippen molar-refractivity contribution in [2.75, 3.05) is 10.6 Å². The third-order valence-electron chi connectivity index (χ3n) is 4.36. The fourth-order valence-electron chi connectivity index (χ4n) is 3.00. The first-order chi connectivity index (χ1) is 10.9. The molecule has 6 nitrogen and oxygen atoms in total. The minimum Gasteiger partial charge on any atom is -0.367 e. The standard InChI is InChI=1S/C16H20N6/c1-2-8-17-15(3-1)19-12-6-7-13(9-12)20-16-18-10-14(21-22-16)11-4-5-11/h1-3,8,10-13H,4-7,9H2,(H,17,19)(H,18,20,22)/t12-,13-/m0/s1. The average Bonchev–Trinajstić information content (AvgIpc) is 3.31. The molecule has 2 aromatic rings. The van der Waals surface area contributed by atoms with Gasteiger partial charge in [-0.25, -0.2) is 9.97 Å². The van der Waals surface area contributed by atoms with Gasteiger partial charge in [0.25, 0.3) is 0 Å². The lowest BCUT2D eigenvalue weighted by atomic mass is 10.2. The van der Waals surface area contributed by atoms with Crippen molar-refractivity contribution in [1.29, 1.82) is 0 Å². The molecule has 0 amide bonds. The fraction of sp³-hybridized carbons (Fsp3) is 0.500. The zero-order valence-corrected chi connectivity index (χ0v) is 12.4. The van der Waals surface area contributed by atoms with E-state index in [1.807, 2.05) is 30.6 Å². The molecular weight excluding hydrogens is 276 g/mol. The number of aromatic nitrogens is 4. The van der Waals surface area contributed by atoms with Gasteiger partial charge in [-0.15, -0.1) is 10.2 Å². The molecule has 114 valence electrons. The third-order valence-corrected chi connectivity index (χ3v) is 4.36. The number of nitrogens with one attached hydrogen (secondary N) is 2. The average molecular weight is 296 g/mol. The predicted molar refractivity (Wildman–Crippen MR) is 84.7 cm³/mol. The van der Waals surface area contributed by atoms with Gasteiger partial charge < -0.3 is 10.6 Å². The monoisotopic (exact) mass is 296 g/mol. The summed E-state index contributed by atoms with van der Waals surface area (Å²) in [6, 6.07) is 6.78. The van der Waals surface area contributed by atoms with Crippen LogP contribution in [0.3, 0.4) is 0 Å². The normalized spacial score (nSPS) is 24.2. The van der Waals surface area contributed by atoms with Crippen molar-refractivity contribution in [3.05, 3.63) is 36.3 Å². The molecule has 2 atom stereocenters. The highest BCUT2D eigenvalue weighted by Gasteiger charge is 2.27. The molecule has 2 aliphatic rings. The van der Waals surface area contributed by atoms with Crippen molar-refractivity contribution < 1.29 is 0 Å². The van der Waals surface area contributed by atoms with E-state index in [0.29, 0.717) is 23.9 Å². The molecule has 2 saturated carbocycles. The molecule has 2 aromatic heterocycles. The zero-order valence-electron chi connectivity index (χ0n) is 12.4. The summed E-state index contributed by atoms with van der Waals surface area (Å²) < 4.78 is 0. The van der Waals surface area contributed by atoms with Gasteiger partial charge in [0.2, 0.25) is 5.95 Å². The van der Waals surface area contributed by atoms with E-state index in [9.17, 15) is 0 Å². The summed E-state index contributed by atoms with van der Waals surface area (Å²) in [5.41, 5.74) is 1.03. The highest BCUT2D eigenvalue weighted by molar-refractivity contribution is 5.35. The molecule has 0 spiro atoms. The van der Waals surface area contributed by atoms with Gasteiger partial charge in [0, 0.05) is 24.2 Å². The number of anilines is 2. The maximum absolute atomic E-state index is 4.39. The van der Waals surface area contributed by atoms with Gasteiger partial charge >= 0.3 is 0 Å². The molecule has 4 rings (SSSR count). The van der Waals surface area contributed by atoms with Gasteiger partial charge in [-0.3, -0.25) is 0 Å². The van der Waals surface area contributed by atoms with E-state index in [1.165, 1.54) is 12.8 Å². The van der Waals surface area contributed by atoms with Crippen LogP contribution in [-0.4, -0.2) is 32.2 Å². The molecule has 0 saturated heterocycles. The lowest BCUT2D eigenvalue weighted by Crippen LogP contribution is -2.22. The van der Waals surface area contributed by atoms with Crippen LogP contribution in [0, 0.1) is 0 Å². The Bertz CT molecular complexity index is 610. The number of hydrogen-bond acceptors (Lipinski definition) is 6. The molecule has 2 aliphatic carbocycles. The van der Waals surface area contributed by atoms with Crippen LogP contribution >= 0.6 is 0 Å². The second kappa shape index (κ2) is 5.87. The van der Waals surface area contributed by atoms with Crippen LogP contribution in [0.1, 0.15) is 43.7 Å². The van der Waals surface area contributed by atoms with Gasteiger partial charge in [-0.05, 0) is 44.2 Å². The number of nitrogens with zero attached hydrogens (tertiary/aromatic N) is 4. The molecular formula is C16H20N6. The number of pyridine rings is 1. The fourth-order valence-corrected chi connectivity index (χ4v) is 3.00. The van der Waals surface area contributed by atoms with E-state index in [0.717, 1.165) is 30.8 Å². The largest absolute Gasteiger partial charge is 0.367 e. The van der Waals surface area contributed by atoms with Crippen LogP contribution in [-0.2, 0) is 0 Å².